The zero-order valence-electron chi connectivity index (χ0n) is 18.7. The summed E-state index contributed by atoms with van der Waals surface area (Å²) in [4.78, 5) is 27.0. The van der Waals surface area contributed by atoms with Crippen LogP contribution in [0.25, 0.3) is 0 Å². The van der Waals surface area contributed by atoms with Gasteiger partial charge < -0.3 is 19.4 Å². The first kappa shape index (κ1) is 22.6. The van der Waals surface area contributed by atoms with Crippen molar-refractivity contribution in [1.29, 1.82) is 0 Å². The number of ether oxygens (including phenoxy) is 1. The maximum absolute atomic E-state index is 14.0. The number of carbonyl (C=O) groups is 2. The molecule has 2 amide bonds. The largest absolute Gasteiger partial charge is 0.481 e. The number of fused-ring (bicyclic) bond motifs is 1. The van der Waals surface area contributed by atoms with Gasteiger partial charge in [-0.1, -0.05) is 25.1 Å². The van der Waals surface area contributed by atoms with Gasteiger partial charge in [-0.3, -0.25) is 9.59 Å². The van der Waals surface area contributed by atoms with Crippen LogP contribution >= 0.6 is 0 Å². The molecule has 0 fully saturated rings. The minimum Gasteiger partial charge on any atom is -0.481 e. The Morgan fingerprint density at radius 3 is 2.79 bits per heavy atom. The molecular weight excluding hydrogens is 423 g/mol. The van der Waals surface area contributed by atoms with Crippen LogP contribution in [0.5, 0.6) is 5.75 Å². The number of rotatable bonds is 7. The zero-order chi connectivity index (χ0) is 23.4. The molecule has 0 unspecified atom stereocenters. The van der Waals surface area contributed by atoms with Gasteiger partial charge in [0, 0.05) is 13.0 Å². The Morgan fingerprint density at radius 2 is 2.06 bits per heavy atom. The summed E-state index contributed by atoms with van der Waals surface area (Å²) < 4.78 is 25.2. The van der Waals surface area contributed by atoms with Crippen molar-refractivity contribution >= 4 is 11.8 Å². The topological polar surface area (TPSA) is 71.8 Å². The highest BCUT2D eigenvalue weighted by Crippen LogP contribution is 2.37. The molecule has 2 heterocycles. The Morgan fingerprint density at radius 1 is 1.21 bits per heavy atom. The lowest BCUT2D eigenvalue weighted by Crippen LogP contribution is -2.40. The minimum absolute atomic E-state index is 0.00639. The fourth-order valence-corrected chi connectivity index (χ4v) is 4.16. The summed E-state index contributed by atoms with van der Waals surface area (Å²) in [5.74, 6) is 0.558. The van der Waals surface area contributed by atoms with E-state index in [4.69, 9.17) is 9.15 Å². The second-order valence-corrected chi connectivity index (χ2v) is 8.07. The molecule has 2 aromatic carbocycles. The number of carbonyl (C=O) groups excluding carboxylic acids is 2. The highest BCUT2D eigenvalue weighted by Gasteiger charge is 2.32. The van der Waals surface area contributed by atoms with E-state index >= 15 is 0 Å². The van der Waals surface area contributed by atoms with Gasteiger partial charge in [0.15, 0.2) is 6.10 Å². The summed E-state index contributed by atoms with van der Waals surface area (Å²) in [6, 6.07) is 15.1. The van der Waals surface area contributed by atoms with Crippen LogP contribution in [0.4, 0.5) is 4.39 Å². The van der Waals surface area contributed by atoms with Crippen LogP contribution in [0, 0.1) is 5.82 Å². The van der Waals surface area contributed by atoms with Gasteiger partial charge >= 0.3 is 0 Å². The molecule has 1 aliphatic heterocycles. The number of nitrogens with zero attached hydrogens (tertiary/aromatic N) is 1. The molecule has 33 heavy (non-hydrogen) atoms. The van der Waals surface area contributed by atoms with E-state index in [0.717, 1.165) is 11.1 Å². The lowest BCUT2D eigenvalue weighted by molar-refractivity contribution is -0.133. The third-order valence-corrected chi connectivity index (χ3v) is 5.83. The summed E-state index contributed by atoms with van der Waals surface area (Å²) in [7, 11) is 0. The Kier molecular flexibility index (Phi) is 6.77. The molecule has 0 spiro atoms. The van der Waals surface area contributed by atoms with Gasteiger partial charge in [-0.15, -0.1) is 0 Å². The molecule has 6 nitrogen and oxygen atoms in total. The number of nitrogens with one attached hydrogen (secondary N) is 1. The minimum atomic E-state index is -0.734. The molecule has 172 valence electrons. The van der Waals surface area contributed by atoms with Crippen molar-refractivity contribution in [2.24, 2.45) is 0 Å². The molecule has 1 N–H and O–H groups in total. The van der Waals surface area contributed by atoms with E-state index in [1.54, 1.807) is 36.3 Å². The number of halogens is 1. The molecule has 7 heteroatoms. The molecule has 1 aromatic heterocycles. The molecule has 0 aliphatic carbocycles. The van der Waals surface area contributed by atoms with E-state index in [1.807, 2.05) is 31.2 Å². The lowest BCUT2D eigenvalue weighted by Gasteiger charge is -2.38. The first-order chi connectivity index (χ1) is 16.0. The fraction of sp³-hybridized carbons (Fsp3) is 0.308. The quantitative estimate of drug-likeness (QED) is 0.580. The van der Waals surface area contributed by atoms with Crippen LogP contribution in [0.1, 0.15) is 48.8 Å². The number of benzene rings is 2. The molecule has 1 aliphatic rings. The van der Waals surface area contributed by atoms with Gasteiger partial charge in [-0.25, -0.2) is 4.39 Å². The molecular formula is C26H27FN2O4. The average Bonchev–Trinajstić information content (AvgIpc) is 3.35. The van der Waals surface area contributed by atoms with Gasteiger partial charge in [-0.2, -0.15) is 0 Å². The van der Waals surface area contributed by atoms with Crippen molar-refractivity contribution in [2.45, 2.75) is 45.4 Å². The van der Waals surface area contributed by atoms with Gasteiger partial charge in [0.2, 0.25) is 5.91 Å². The zero-order valence-corrected chi connectivity index (χ0v) is 18.7. The summed E-state index contributed by atoms with van der Waals surface area (Å²) in [5, 5.41) is 2.79. The molecule has 0 bridgehead atoms. The van der Waals surface area contributed by atoms with Crippen molar-refractivity contribution in [3.05, 3.63) is 89.1 Å². The first-order valence-electron chi connectivity index (χ1n) is 11.1. The molecule has 0 radical (unpaired) electrons. The van der Waals surface area contributed by atoms with Crippen molar-refractivity contribution in [2.75, 3.05) is 6.54 Å². The van der Waals surface area contributed by atoms with E-state index in [2.05, 4.69) is 5.32 Å². The predicted octanol–water partition coefficient (Wildman–Crippen LogP) is 4.39. The summed E-state index contributed by atoms with van der Waals surface area (Å²) >= 11 is 0. The van der Waals surface area contributed by atoms with E-state index < -0.39 is 12.1 Å². The average molecular weight is 451 g/mol. The van der Waals surface area contributed by atoms with Crippen LogP contribution in [-0.2, 0) is 22.6 Å². The first-order valence-corrected chi connectivity index (χ1v) is 11.1. The SMILES string of the molecule is CCC(=O)N1CCc2ccc(O[C@H](C)C(=O)NCc3ccco3)cc2[C@@H]1c1cccc(F)c1. The summed E-state index contributed by atoms with van der Waals surface area (Å²) in [6.07, 6.45) is 1.88. The fourth-order valence-electron chi connectivity index (χ4n) is 4.16. The predicted molar refractivity (Wildman–Crippen MR) is 121 cm³/mol. The normalized spacial score (nSPS) is 16.1. The molecule has 2 atom stereocenters. The monoisotopic (exact) mass is 450 g/mol. The Bertz CT molecular complexity index is 1130. The highest BCUT2D eigenvalue weighted by atomic mass is 19.1. The van der Waals surface area contributed by atoms with Crippen molar-refractivity contribution in [1.82, 2.24) is 10.2 Å². The van der Waals surface area contributed by atoms with Gasteiger partial charge in [0.1, 0.15) is 17.3 Å². The second-order valence-electron chi connectivity index (χ2n) is 8.07. The van der Waals surface area contributed by atoms with Crippen LogP contribution in [0.15, 0.2) is 65.3 Å². The molecule has 3 aromatic rings. The standard InChI is InChI=1S/C26H27FN2O4/c1-3-24(30)29-12-11-18-9-10-21(15-23(18)25(29)19-6-4-7-20(27)14-19)33-17(2)26(31)28-16-22-8-5-13-32-22/h4-10,13-15,17,25H,3,11-12,16H2,1-2H3,(H,28,31)/t17-,25+/m1/s1. The van der Waals surface area contributed by atoms with Crippen LogP contribution < -0.4 is 10.1 Å². The lowest BCUT2D eigenvalue weighted by atomic mass is 9.87. The molecule has 0 saturated heterocycles. The third-order valence-electron chi connectivity index (χ3n) is 5.83. The van der Waals surface area contributed by atoms with E-state index in [9.17, 15) is 14.0 Å². The number of hydrogen-bond donors (Lipinski definition) is 1. The van der Waals surface area contributed by atoms with Crippen LogP contribution in [0.2, 0.25) is 0 Å². The smallest absolute Gasteiger partial charge is 0.261 e. The Balaban J connectivity index is 1.57. The maximum Gasteiger partial charge on any atom is 0.261 e. The highest BCUT2D eigenvalue weighted by molar-refractivity contribution is 5.80. The maximum atomic E-state index is 14.0. The third kappa shape index (κ3) is 5.08. The van der Waals surface area contributed by atoms with Gasteiger partial charge in [0.05, 0.1) is 18.8 Å². The molecule has 0 saturated carbocycles. The molecule has 4 rings (SSSR count). The van der Waals surface area contributed by atoms with E-state index in [0.29, 0.717) is 36.5 Å². The second kappa shape index (κ2) is 9.90. The van der Waals surface area contributed by atoms with Crippen LogP contribution in [0.3, 0.4) is 0 Å². The van der Waals surface area contributed by atoms with Crippen molar-refractivity contribution in [3.8, 4) is 5.75 Å². The van der Waals surface area contributed by atoms with Gasteiger partial charge in [-0.05, 0) is 66.4 Å². The Labute approximate surface area is 192 Å². The van der Waals surface area contributed by atoms with Gasteiger partial charge in [0.25, 0.3) is 5.91 Å². The van der Waals surface area contributed by atoms with E-state index in [1.165, 1.54) is 12.1 Å². The summed E-state index contributed by atoms with van der Waals surface area (Å²) in [6.45, 7) is 4.34. The summed E-state index contributed by atoms with van der Waals surface area (Å²) in [5.41, 5.74) is 2.67. The van der Waals surface area contributed by atoms with Crippen molar-refractivity contribution < 1.29 is 23.1 Å². The van der Waals surface area contributed by atoms with E-state index in [-0.39, 0.29) is 24.2 Å². The van der Waals surface area contributed by atoms with Crippen molar-refractivity contribution in [3.63, 3.8) is 0 Å². The number of hydrogen-bond acceptors (Lipinski definition) is 4. The number of amides is 2. The number of furan rings is 1. The Hall–Kier alpha value is -3.61. The van der Waals surface area contributed by atoms with Crippen LogP contribution in [-0.4, -0.2) is 29.4 Å².